The van der Waals surface area contributed by atoms with E-state index in [0.29, 0.717) is 16.1 Å². The first-order valence-corrected chi connectivity index (χ1v) is 6.11. The van der Waals surface area contributed by atoms with Crippen LogP contribution in [-0.2, 0) is 4.79 Å². The Morgan fingerprint density at radius 2 is 2.14 bits per heavy atom. The van der Waals surface area contributed by atoms with E-state index in [2.05, 4.69) is 10.4 Å². The zero-order valence-electron chi connectivity index (χ0n) is 11.3. The topological polar surface area (TPSA) is 87.8 Å². The van der Waals surface area contributed by atoms with E-state index in [0.717, 1.165) is 0 Å². The van der Waals surface area contributed by atoms with Crippen LogP contribution in [0.3, 0.4) is 0 Å². The molecule has 0 unspecified atom stereocenters. The number of nitro benzene ring substituents is 1. The summed E-state index contributed by atoms with van der Waals surface area (Å²) in [6.07, 6.45) is -4.55. The summed E-state index contributed by atoms with van der Waals surface area (Å²) in [5.41, 5.74) is 2.89. The van der Waals surface area contributed by atoms with Crippen LogP contribution in [0.2, 0.25) is 0 Å². The summed E-state index contributed by atoms with van der Waals surface area (Å²) >= 11 is 0. The van der Waals surface area contributed by atoms with E-state index >= 15 is 0 Å². The molecule has 0 aliphatic carbocycles. The predicted molar refractivity (Wildman–Crippen MR) is 70.1 cm³/mol. The van der Waals surface area contributed by atoms with Crippen LogP contribution < -0.4 is 5.43 Å². The second-order valence-electron chi connectivity index (χ2n) is 4.63. The molecule has 1 aliphatic heterocycles. The number of hydrazine groups is 1. The highest BCUT2D eigenvalue weighted by Gasteiger charge is 2.35. The van der Waals surface area contributed by atoms with Gasteiger partial charge in [0.1, 0.15) is 18.9 Å². The molecule has 0 saturated heterocycles. The lowest BCUT2D eigenvalue weighted by atomic mass is 10.1. The van der Waals surface area contributed by atoms with Crippen LogP contribution in [0.25, 0.3) is 0 Å². The molecule has 1 heterocycles. The van der Waals surface area contributed by atoms with Crippen LogP contribution in [0.5, 0.6) is 0 Å². The van der Waals surface area contributed by atoms with Crippen molar-refractivity contribution in [2.75, 3.05) is 13.1 Å². The van der Waals surface area contributed by atoms with E-state index in [4.69, 9.17) is 0 Å². The zero-order chi connectivity index (χ0) is 16.5. The molecule has 10 heteroatoms. The third-order valence-electron chi connectivity index (χ3n) is 2.92. The highest BCUT2D eigenvalue weighted by molar-refractivity contribution is 6.02. The Balaban J connectivity index is 2.24. The Morgan fingerprint density at radius 1 is 1.45 bits per heavy atom. The van der Waals surface area contributed by atoms with Gasteiger partial charge in [0.2, 0.25) is 0 Å². The van der Waals surface area contributed by atoms with E-state index in [1.54, 1.807) is 0 Å². The van der Waals surface area contributed by atoms with Crippen molar-refractivity contribution in [1.82, 2.24) is 10.4 Å². The second kappa shape index (κ2) is 5.62. The number of hydrogen-bond acceptors (Lipinski definition) is 5. The number of benzene rings is 1. The highest BCUT2D eigenvalue weighted by atomic mass is 19.4. The van der Waals surface area contributed by atoms with Gasteiger partial charge in [0.15, 0.2) is 0 Å². The number of amidine groups is 1. The lowest BCUT2D eigenvalue weighted by Gasteiger charge is -2.29. The third kappa shape index (κ3) is 3.51. The Hall–Kier alpha value is -2.65. The van der Waals surface area contributed by atoms with Gasteiger partial charge in [-0.25, -0.2) is 5.01 Å². The van der Waals surface area contributed by atoms with Gasteiger partial charge >= 0.3 is 6.18 Å². The molecule has 1 aromatic rings. The van der Waals surface area contributed by atoms with Crippen molar-refractivity contribution in [3.63, 3.8) is 0 Å². The number of rotatable bonds is 3. The average Bonchev–Trinajstić information content (AvgIpc) is 2.39. The molecule has 0 saturated carbocycles. The van der Waals surface area contributed by atoms with E-state index in [1.165, 1.54) is 25.1 Å². The fourth-order valence-corrected chi connectivity index (χ4v) is 1.93. The van der Waals surface area contributed by atoms with Gasteiger partial charge in [-0.2, -0.15) is 13.2 Å². The molecule has 0 bridgehead atoms. The lowest BCUT2D eigenvalue weighted by Crippen LogP contribution is -2.54. The van der Waals surface area contributed by atoms with Crippen molar-refractivity contribution in [1.29, 1.82) is 0 Å². The summed E-state index contributed by atoms with van der Waals surface area (Å²) in [5, 5.41) is 11.2. The highest BCUT2D eigenvalue weighted by Crippen LogP contribution is 2.20. The molecule has 0 fully saturated rings. The van der Waals surface area contributed by atoms with Crippen molar-refractivity contribution in [3.8, 4) is 0 Å². The first-order chi connectivity index (χ1) is 10.2. The molecule has 2 rings (SSSR count). The molecular formula is C12H11F3N4O3. The lowest BCUT2D eigenvalue weighted by molar-refractivity contribution is -0.385. The van der Waals surface area contributed by atoms with Gasteiger partial charge in [0, 0.05) is 17.2 Å². The summed E-state index contributed by atoms with van der Waals surface area (Å²) in [6, 6.07) is 4.02. The van der Waals surface area contributed by atoms with Gasteiger partial charge in [-0.3, -0.25) is 25.3 Å². The van der Waals surface area contributed by atoms with Crippen LogP contribution in [0.1, 0.15) is 11.1 Å². The van der Waals surface area contributed by atoms with E-state index in [-0.39, 0.29) is 11.5 Å². The summed E-state index contributed by atoms with van der Waals surface area (Å²) < 4.78 is 37.2. The van der Waals surface area contributed by atoms with Gasteiger partial charge in [0.25, 0.3) is 11.6 Å². The Labute approximate surface area is 122 Å². The van der Waals surface area contributed by atoms with Gasteiger partial charge in [0.05, 0.1) is 4.92 Å². The monoisotopic (exact) mass is 316 g/mol. The van der Waals surface area contributed by atoms with Crippen LogP contribution >= 0.6 is 0 Å². The van der Waals surface area contributed by atoms with Gasteiger partial charge in [-0.1, -0.05) is 0 Å². The molecule has 0 spiro atoms. The Bertz CT molecular complexity index is 658. The number of nitrogens with zero attached hydrogens (tertiary/aromatic N) is 3. The number of alkyl halides is 3. The number of nitrogens with one attached hydrogen (secondary N) is 1. The third-order valence-corrected chi connectivity index (χ3v) is 2.92. The number of halogens is 3. The van der Waals surface area contributed by atoms with Crippen molar-refractivity contribution in [2.45, 2.75) is 13.1 Å². The smallest absolute Gasteiger partial charge is 0.279 e. The van der Waals surface area contributed by atoms with Gasteiger partial charge in [-0.05, 0) is 19.1 Å². The van der Waals surface area contributed by atoms with Crippen LogP contribution in [0, 0.1) is 17.0 Å². The maximum absolute atomic E-state index is 12.4. The number of amides is 1. The molecule has 22 heavy (non-hydrogen) atoms. The first-order valence-electron chi connectivity index (χ1n) is 6.11. The second-order valence-corrected chi connectivity index (χ2v) is 4.63. The molecule has 1 aromatic carbocycles. The molecule has 1 amide bonds. The quantitative estimate of drug-likeness (QED) is 0.677. The van der Waals surface area contributed by atoms with E-state index in [1.807, 2.05) is 0 Å². The van der Waals surface area contributed by atoms with Gasteiger partial charge < -0.3 is 0 Å². The summed E-state index contributed by atoms with van der Waals surface area (Å²) in [6.45, 7) is -0.366. The minimum Gasteiger partial charge on any atom is -0.279 e. The molecule has 1 aliphatic rings. The largest absolute Gasteiger partial charge is 0.408 e. The number of hydrogen-bond donors (Lipinski definition) is 1. The molecule has 7 nitrogen and oxygen atoms in total. The number of nitro groups is 1. The van der Waals surface area contributed by atoms with E-state index in [9.17, 15) is 28.1 Å². The van der Waals surface area contributed by atoms with Crippen molar-refractivity contribution < 1.29 is 22.9 Å². The first kappa shape index (κ1) is 15.7. The van der Waals surface area contributed by atoms with Crippen molar-refractivity contribution >= 4 is 17.4 Å². The zero-order valence-corrected chi connectivity index (χ0v) is 11.3. The average molecular weight is 316 g/mol. The molecule has 0 aromatic heterocycles. The van der Waals surface area contributed by atoms with Gasteiger partial charge in [-0.15, -0.1) is 0 Å². The Morgan fingerprint density at radius 3 is 2.68 bits per heavy atom. The van der Waals surface area contributed by atoms with Crippen LogP contribution in [0.15, 0.2) is 23.2 Å². The number of aliphatic imine (C=N–C) groups is 1. The molecular weight excluding hydrogens is 305 g/mol. The maximum Gasteiger partial charge on any atom is 0.408 e. The number of carbonyl (C=O) groups excluding carboxylic acids is 1. The van der Waals surface area contributed by atoms with Crippen LogP contribution in [-0.4, -0.2) is 40.9 Å². The minimum atomic E-state index is -4.55. The van der Waals surface area contributed by atoms with E-state index < -0.39 is 30.1 Å². The van der Waals surface area contributed by atoms with Crippen LogP contribution in [0.4, 0.5) is 18.9 Å². The Kier molecular flexibility index (Phi) is 4.02. The molecule has 0 radical (unpaired) electrons. The standard InChI is InChI=1S/C12H11F3N4O3/c1-7-4-8(2-3-9(7)19(21)22)11-16-5-10(20)18(17-11)6-12(13,14)15/h2-4H,5-6H2,1H3,(H,16,17). The molecule has 118 valence electrons. The number of aryl methyl sites for hydroxylation is 1. The normalized spacial score (nSPS) is 15.4. The summed E-state index contributed by atoms with van der Waals surface area (Å²) in [4.78, 5) is 25.5. The SMILES string of the molecule is Cc1cc(C2=NCC(=O)N(CC(F)(F)F)N2)ccc1[N+](=O)[O-]. The predicted octanol–water partition coefficient (Wildman–Crippen LogP) is 1.56. The maximum atomic E-state index is 12.4. The van der Waals surface area contributed by atoms with Crippen molar-refractivity contribution in [3.05, 3.63) is 39.4 Å². The fraction of sp³-hybridized carbons (Fsp3) is 0.333. The number of carbonyl (C=O) groups is 1. The summed E-state index contributed by atoms with van der Waals surface area (Å²) in [7, 11) is 0. The minimum absolute atomic E-state index is 0.0573. The van der Waals surface area contributed by atoms with Crippen molar-refractivity contribution in [2.24, 2.45) is 4.99 Å². The molecule has 0 atom stereocenters. The molecule has 1 N–H and O–H groups in total. The summed E-state index contributed by atoms with van der Waals surface area (Å²) in [5.74, 6) is -0.749. The fourth-order valence-electron chi connectivity index (χ4n) is 1.93.